The summed E-state index contributed by atoms with van der Waals surface area (Å²) in [6.45, 7) is 10.9. The molecule has 0 bridgehead atoms. The maximum Gasteiger partial charge on any atom is 0.339 e. The number of rotatable bonds is 5. The number of aromatic nitrogens is 2. The van der Waals surface area contributed by atoms with Gasteiger partial charge in [0.1, 0.15) is 11.8 Å². The van der Waals surface area contributed by atoms with Crippen molar-refractivity contribution < 1.29 is 18.8 Å². The van der Waals surface area contributed by atoms with E-state index in [4.69, 9.17) is 25.6 Å². The molecule has 1 aromatic carbocycles. The molecule has 172 valence electrons. The quantitative estimate of drug-likeness (QED) is 0.432. The lowest BCUT2D eigenvalue weighted by Gasteiger charge is -2.28. The Bertz CT molecular complexity index is 1220. The van der Waals surface area contributed by atoms with Crippen molar-refractivity contribution in [2.24, 2.45) is 0 Å². The zero-order chi connectivity index (χ0) is 24.5. The highest BCUT2D eigenvalue weighted by molar-refractivity contribution is 6.33. The number of halogens is 1. The molecule has 0 aliphatic rings. The number of pyridine rings is 1. The first-order valence-corrected chi connectivity index (χ1v) is 10.8. The van der Waals surface area contributed by atoms with E-state index in [1.165, 1.54) is 7.11 Å². The normalized spacial score (nSPS) is 12.3. The summed E-state index contributed by atoms with van der Waals surface area (Å²) in [5.74, 6) is 0.115. The lowest BCUT2D eigenvalue weighted by molar-refractivity contribution is -0.164. The first-order valence-electron chi connectivity index (χ1n) is 10.4. The molecule has 0 saturated carbocycles. The molecule has 7 nitrogen and oxygen atoms in total. The molecule has 0 saturated heterocycles. The van der Waals surface area contributed by atoms with Gasteiger partial charge < -0.3 is 14.0 Å². The van der Waals surface area contributed by atoms with Gasteiger partial charge in [0.25, 0.3) is 0 Å². The topological polar surface area (TPSA) is 98.2 Å². The van der Waals surface area contributed by atoms with Crippen molar-refractivity contribution in [1.29, 1.82) is 5.26 Å². The van der Waals surface area contributed by atoms with Gasteiger partial charge in [-0.25, -0.2) is 4.79 Å². The van der Waals surface area contributed by atoms with E-state index in [0.29, 0.717) is 22.5 Å². The lowest BCUT2D eigenvalue weighted by atomic mass is 9.97. The van der Waals surface area contributed by atoms with Crippen molar-refractivity contribution in [3.63, 3.8) is 0 Å². The van der Waals surface area contributed by atoms with Crippen molar-refractivity contribution in [3.05, 3.63) is 57.6 Å². The second-order valence-corrected chi connectivity index (χ2v) is 9.05. The number of methoxy groups -OCH3 is 1. The number of carbonyl (C=O) groups is 1. The fourth-order valence-corrected chi connectivity index (χ4v) is 4.04. The first kappa shape index (κ1) is 24.4. The first-order chi connectivity index (χ1) is 15.5. The zero-order valence-electron chi connectivity index (χ0n) is 19.7. The summed E-state index contributed by atoms with van der Waals surface area (Å²) in [7, 11) is 1.28. The molecule has 3 aromatic rings. The summed E-state index contributed by atoms with van der Waals surface area (Å²) in [5, 5.41) is 14.0. The molecule has 0 spiro atoms. The Kier molecular flexibility index (Phi) is 6.92. The largest absolute Gasteiger partial charge is 0.467 e. The van der Waals surface area contributed by atoms with Crippen LogP contribution in [0.2, 0.25) is 5.02 Å². The average molecular weight is 468 g/mol. The highest BCUT2D eigenvalue weighted by Gasteiger charge is 2.33. The van der Waals surface area contributed by atoms with E-state index < -0.39 is 17.7 Å². The number of esters is 1. The minimum atomic E-state index is -1.11. The van der Waals surface area contributed by atoms with Gasteiger partial charge in [0, 0.05) is 22.4 Å². The minimum absolute atomic E-state index is 0.120. The molecular formula is C25H26ClN3O4. The number of ether oxygens (including phenoxy) is 2. The van der Waals surface area contributed by atoms with Crippen LogP contribution in [0.1, 0.15) is 55.2 Å². The number of carbonyl (C=O) groups excluding carboxylic acids is 1. The van der Waals surface area contributed by atoms with Gasteiger partial charge >= 0.3 is 5.97 Å². The molecule has 0 aliphatic heterocycles. The highest BCUT2D eigenvalue weighted by atomic mass is 35.5. The standard InChI is InChI=1S/C25H26ClN3O4/c1-13-20(23(24(30)31-7)32-25(4,5)6)21(26)18(12-27)22(28-13)17-10-8-16(9-11-17)19-14(2)29-33-15(19)3/h8-11,23H,1-7H3/t23-/m0/s1. The summed E-state index contributed by atoms with van der Waals surface area (Å²) in [6.07, 6.45) is -1.11. The molecule has 2 heterocycles. The monoisotopic (exact) mass is 467 g/mol. The van der Waals surface area contributed by atoms with E-state index in [0.717, 1.165) is 22.6 Å². The summed E-state index contributed by atoms with van der Waals surface area (Å²) < 4.78 is 16.1. The number of aryl methyl sites for hydroxylation is 3. The van der Waals surface area contributed by atoms with Crippen LogP contribution in [0.25, 0.3) is 22.4 Å². The van der Waals surface area contributed by atoms with Crippen LogP contribution in [0.3, 0.4) is 0 Å². The fraction of sp³-hybridized carbons (Fsp3) is 0.360. The van der Waals surface area contributed by atoms with Crippen LogP contribution in [0.4, 0.5) is 0 Å². The zero-order valence-corrected chi connectivity index (χ0v) is 20.5. The Balaban J connectivity index is 2.12. The number of benzene rings is 1. The third-order valence-corrected chi connectivity index (χ3v) is 5.50. The van der Waals surface area contributed by atoms with Gasteiger partial charge in [-0.1, -0.05) is 41.0 Å². The third kappa shape index (κ3) is 4.92. The van der Waals surface area contributed by atoms with Crippen molar-refractivity contribution in [3.8, 4) is 28.5 Å². The molecule has 2 aromatic heterocycles. The maximum absolute atomic E-state index is 12.5. The van der Waals surface area contributed by atoms with Crippen molar-refractivity contribution in [2.75, 3.05) is 7.11 Å². The van der Waals surface area contributed by atoms with Crippen LogP contribution in [0, 0.1) is 32.1 Å². The Labute approximate surface area is 198 Å². The van der Waals surface area contributed by atoms with E-state index in [1.807, 2.05) is 58.9 Å². The molecule has 0 radical (unpaired) electrons. The van der Waals surface area contributed by atoms with Crippen LogP contribution in [-0.4, -0.2) is 28.8 Å². The number of hydrogen-bond donors (Lipinski definition) is 0. The molecule has 8 heteroatoms. The van der Waals surface area contributed by atoms with Crippen molar-refractivity contribution in [2.45, 2.75) is 53.2 Å². The molecule has 3 rings (SSSR count). The fourth-order valence-electron chi connectivity index (χ4n) is 3.67. The SMILES string of the molecule is COC(=O)[C@@H](OC(C)(C)C)c1c(C)nc(-c2ccc(-c3c(C)noc3C)cc2)c(C#N)c1Cl. The predicted molar refractivity (Wildman–Crippen MR) is 125 cm³/mol. The van der Waals surface area contributed by atoms with Gasteiger partial charge in [-0.2, -0.15) is 5.26 Å². The molecule has 0 fully saturated rings. The van der Waals surface area contributed by atoms with Gasteiger partial charge in [0.05, 0.1) is 34.7 Å². The number of nitriles is 1. The third-order valence-electron chi connectivity index (χ3n) is 5.10. The van der Waals surface area contributed by atoms with E-state index >= 15 is 0 Å². The summed E-state index contributed by atoms with van der Waals surface area (Å²) >= 11 is 6.68. The summed E-state index contributed by atoms with van der Waals surface area (Å²) in [5.41, 5.74) is 4.11. The number of hydrogen-bond acceptors (Lipinski definition) is 7. The van der Waals surface area contributed by atoms with E-state index in [2.05, 4.69) is 16.2 Å². The summed E-state index contributed by atoms with van der Waals surface area (Å²) in [4.78, 5) is 17.2. The van der Waals surface area contributed by atoms with E-state index in [9.17, 15) is 10.1 Å². The molecule has 1 atom stereocenters. The summed E-state index contributed by atoms with van der Waals surface area (Å²) in [6, 6.07) is 9.70. The molecular weight excluding hydrogens is 442 g/mol. The average Bonchev–Trinajstić information content (AvgIpc) is 3.09. The number of nitrogens with zero attached hydrogens (tertiary/aromatic N) is 3. The molecule has 0 N–H and O–H groups in total. The van der Waals surface area contributed by atoms with Gasteiger partial charge in [0.2, 0.25) is 0 Å². The van der Waals surface area contributed by atoms with Gasteiger partial charge in [-0.15, -0.1) is 0 Å². The van der Waals surface area contributed by atoms with Crippen LogP contribution in [0.5, 0.6) is 0 Å². The van der Waals surface area contributed by atoms with Crippen LogP contribution in [-0.2, 0) is 14.3 Å². The molecule has 0 unspecified atom stereocenters. The van der Waals surface area contributed by atoms with Crippen LogP contribution < -0.4 is 0 Å². The molecule has 0 aliphatic carbocycles. The van der Waals surface area contributed by atoms with E-state index in [1.54, 1.807) is 6.92 Å². The van der Waals surface area contributed by atoms with Crippen molar-refractivity contribution >= 4 is 17.6 Å². The highest BCUT2D eigenvalue weighted by Crippen LogP contribution is 2.38. The Morgan fingerprint density at radius 1 is 1.12 bits per heavy atom. The Hall–Kier alpha value is -3.21. The second kappa shape index (κ2) is 9.34. The predicted octanol–water partition coefficient (Wildman–Crippen LogP) is 5.88. The van der Waals surface area contributed by atoms with Crippen molar-refractivity contribution in [1.82, 2.24) is 10.1 Å². The van der Waals surface area contributed by atoms with Gasteiger partial charge in [-0.05, 0) is 47.1 Å². The Morgan fingerprint density at radius 3 is 2.21 bits per heavy atom. The molecule has 0 amide bonds. The minimum Gasteiger partial charge on any atom is -0.467 e. The maximum atomic E-state index is 12.5. The van der Waals surface area contributed by atoms with Crippen LogP contribution in [0.15, 0.2) is 28.8 Å². The smallest absolute Gasteiger partial charge is 0.339 e. The van der Waals surface area contributed by atoms with Gasteiger partial charge in [0.15, 0.2) is 6.10 Å². The van der Waals surface area contributed by atoms with Crippen LogP contribution >= 0.6 is 11.6 Å². The lowest BCUT2D eigenvalue weighted by Crippen LogP contribution is -2.29. The Morgan fingerprint density at radius 2 is 1.73 bits per heavy atom. The second-order valence-electron chi connectivity index (χ2n) is 8.67. The molecule has 33 heavy (non-hydrogen) atoms. The van der Waals surface area contributed by atoms with Gasteiger partial charge in [-0.3, -0.25) is 4.98 Å². The van der Waals surface area contributed by atoms with E-state index in [-0.39, 0.29) is 10.6 Å².